The Balaban J connectivity index is 1.52. The zero-order chi connectivity index (χ0) is 17.2. The number of rotatable bonds is 3. The van der Waals surface area contributed by atoms with E-state index in [4.69, 9.17) is 0 Å². The zero-order valence-corrected chi connectivity index (χ0v) is 13.8. The number of nitrogens with one attached hydrogen (secondary N) is 1. The average molecular weight is 338 g/mol. The lowest BCUT2D eigenvalue weighted by Gasteiger charge is -2.34. The van der Waals surface area contributed by atoms with Crippen LogP contribution in [0, 0.1) is 0 Å². The monoisotopic (exact) mass is 338 g/mol. The highest BCUT2D eigenvalue weighted by molar-refractivity contribution is 5.92. The van der Waals surface area contributed by atoms with Gasteiger partial charge >= 0.3 is 0 Å². The van der Waals surface area contributed by atoms with Crippen molar-refractivity contribution in [2.75, 3.05) is 18.0 Å². The highest BCUT2D eigenvalue weighted by Gasteiger charge is 2.25. The number of fused-ring (bicyclic) bond motifs is 1. The quantitative estimate of drug-likeness (QED) is 0.744. The van der Waals surface area contributed by atoms with Crippen molar-refractivity contribution in [3.8, 4) is 0 Å². The Hall–Kier alpha value is -3.10. The van der Waals surface area contributed by atoms with Crippen molar-refractivity contribution in [3.05, 3.63) is 36.8 Å². The van der Waals surface area contributed by atoms with Crippen LogP contribution in [0.2, 0.25) is 0 Å². The Labute approximate surface area is 144 Å². The molecule has 0 bridgehead atoms. The van der Waals surface area contributed by atoms with Gasteiger partial charge in [-0.25, -0.2) is 19.9 Å². The number of hydrogen-bond donors (Lipinski definition) is 1. The van der Waals surface area contributed by atoms with E-state index in [9.17, 15) is 4.79 Å². The minimum absolute atomic E-state index is 0.0397. The summed E-state index contributed by atoms with van der Waals surface area (Å²) in [5.74, 6) is 0.683. The van der Waals surface area contributed by atoms with Gasteiger partial charge < -0.3 is 10.2 Å². The first-order valence-corrected chi connectivity index (χ1v) is 8.17. The Bertz CT molecular complexity index is 894. The van der Waals surface area contributed by atoms with Gasteiger partial charge in [-0.1, -0.05) is 0 Å². The maximum atomic E-state index is 12.3. The van der Waals surface area contributed by atoms with Crippen LogP contribution in [0.5, 0.6) is 0 Å². The first-order valence-electron chi connectivity index (χ1n) is 8.17. The molecule has 0 aromatic carbocycles. The molecule has 3 aromatic heterocycles. The summed E-state index contributed by atoms with van der Waals surface area (Å²) in [6.45, 7) is 1.58. The van der Waals surface area contributed by atoms with Crippen molar-refractivity contribution in [2.24, 2.45) is 7.05 Å². The highest BCUT2D eigenvalue weighted by atomic mass is 16.1. The molecule has 0 saturated carbocycles. The normalized spacial score (nSPS) is 17.6. The van der Waals surface area contributed by atoms with E-state index < -0.39 is 0 Å². The number of hydrogen-bond acceptors (Lipinski definition) is 7. The topological polar surface area (TPSA) is 102 Å². The van der Waals surface area contributed by atoms with Crippen molar-refractivity contribution in [3.63, 3.8) is 0 Å². The summed E-state index contributed by atoms with van der Waals surface area (Å²) in [4.78, 5) is 31.1. The van der Waals surface area contributed by atoms with E-state index in [0.29, 0.717) is 12.2 Å². The van der Waals surface area contributed by atoms with Crippen LogP contribution in [0.15, 0.2) is 31.1 Å². The van der Waals surface area contributed by atoms with Crippen LogP contribution in [0.4, 0.5) is 5.82 Å². The van der Waals surface area contributed by atoms with Gasteiger partial charge in [-0.05, 0) is 18.9 Å². The number of aromatic nitrogens is 6. The molecule has 0 aliphatic carbocycles. The summed E-state index contributed by atoms with van der Waals surface area (Å²) in [7, 11) is 1.86. The molecule has 128 valence electrons. The third-order valence-electron chi connectivity index (χ3n) is 4.38. The minimum atomic E-state index is -0.177. The van der Waals surface area contributed by atoms with Crippen LogP contribution in [0.25, 0.3) is 11.0 Å². The van der Waals surface area contributed by atoms with E-state index in [1.807, 2.05) is 7.05 Å². The maximum absolute atomic E-state index is 12.3. The van der Waals surface area contributed by atoms with Crippen LogP contribution >= 0.6 is 0 Å². The van der Waals surface area contributed by atoms with Crippen molar-refractivity contribution in [1.82, 2.24) is 35.0 Å². The largest absolute Gasteiger partial charge is 0.354 e. The molecule has 4 rings (SSSR count). The Morgan fingerprint density at radius 1 is 1.28 bits per heavy atom. The maximum Gasteiger partial charge on any atom is 0.270 e. The van der Waals surface area contributed by atoms with Crippen LogP contribution in [0.3, 0.4) is 0 Å². The third kappa shape index (κ3) is 3.00. The van der Waals surface area contributed by atoms with Crippen LogP contribution in [0.1, 0.15) is 23.3 Å². The predicted molar refractivity (Wildman–Crippen MR) is 91.0 cm³/mol. The molecule has 1 atom stereocenters. The van der Waals surface area contributed by atoms with Gasteiger partial charge in [0.25, 0.3) is 5.91 Å². The summed E-state index contributed by atoms with van der Waals surface area (Å²) in [5.41, 5.74) is 1.18. The average Bonchev–Trinajstić information content (AvgIpc) is 3.04. The summed E-state index contributed by atoms with van der Waals surface area (Å²) < 4.78 is 1.73. The van der Waals surface area contributed by atoms with E-state index in [1.54, 1.807) is 29.5 Å². The zero-order valence-electron chi connectivity index (χ0n) is 13.8. The van der Waals surface area contributed by atoms with Gasteiger partial charge in [-0.3, -0.25) is 9.48 Å². The molecular weight excluding hydrogens is 320 g/mol. The second kappa shape index (κ2) is 6.42. The van der Waals surface area contributed by atoms with Gasteiger partial charge in [0.05, 0.1) is 11.6 Å². The molecule has 9 heteroatoms. The molecular formula is C16H18N8O. The minimum Gasteiger partial charge on any atom is -0.354 e. The number of amides is 1. The number of piperidine rings is 1. The van der Waals surface area contributed by atoms with Gasteiger partial charge in [-0.2, -0.15) is 5.10 Å². The summed E-state index contributed by atoms with van der Waals surface area (Å²) in [6, 6.07) is 1.65. The lowest BCUT2D eigenvalue weighted by atomic mass is 10.1. The van der Waals surface area contributed by atoms with Crippen molar-refractivity contribution >= 4 is 22.8 Å². The molecule has 1 amide bonds. The van der Waals surface area contributed by atoms with Gasteiger partial charge in [-0.15, -0.1) is 0 Å². The summed E-state index contributed by atoms with van der Waals surface area (Å²) >= 11 is 0. The lowest BCUT2D eigenvalue weighted by Crippen LogP contribution is -2.48. The summed E-state index contributed by atoms with van der Waals surface area (Å²) in [6.07, 6.45) is 8.18. The Kier molecular flexibility index (Phi) is 3.96. The molecule has 1 unspecified atom stereocenters. The van der Waals surface area contributed by atoms with Gasteiger partial charge in [0, 0.05) is 32.4 Å². The lowest BCUT2D eigenvalue weighted by molar-refractivity contribution is 0.0928. The standard InChI is InChI=1S/C16H18N8O/c1-23-14-12(7-21-23)15(20-10-19-14)24-6-2-3-11(8-24)22-16(25)13-4-5-17-9-18-13/h4-5,7,9-11H,2-3,6,8H2,1H3,(H,22,25). The molecule has 0 radical (unpaired) electrons. The van der Waals surface area contributed by atoms with Gasteiger partial charge in [0.2, 0.25) is 0 Å². The Morgan fingerprint density at radius 3 is 3.04 bits per heavy atom. The van der Waals surface area contributed by atoms with Crippen LogP contribution in [-0.4, -0.2) is 54.8 Å². The molecule has 1 aliphatic heterocycles. The van der Waals surface area contributed by atoms with E-state index in [-0.39, 0.29) is 11.9 Å². The van der Waals surface area contributed by atoms with Crippen molar-refractivity contribution in [1.29, 1.82) is 0 Å². The third-order valence-corrected chi connectivity index (χ3v) is 4.38. The number of aryl methyl sites for hydroxylation is 1. The molecule has 4 heterocycles. The first-order chi connectivity index (χ1) is 12.2. The molecule has 3 aromatic rings. The van der Waals surface area contributed by atoms with E-state index in [2.05, 4.69) is 35.3 Å². The SMILES string of the molecule is Cn1ncc2c(N3CCCC(NC(=O)c4ccncn4)C3)ncnc21. The highest BCUT2D eigenvalue weighted by Crippen LogP contribution is 2.25. The molecule has 0 spiro atoms. The molecule has 1 fully saturated rings. The smallest absolute Gasteiger partial charge is 0.270 e. The van der Waals surface area contributed by atoms with E-state index in [1.165, 1.54) is 6.33 Å². The fraction of sp³-hybridized carbons (Fsp3) is 0.375. The van der Waals surface area contributed by atoms with Crippen molar-refractivity contribution in [2.45, 2.75) is 18.9 Å². The number of nitrogens with zero attached hydrogens (tertiary/aromatic N) is 7. The number of carbonyl (C=O) groups is 1. The predicted octanol–water partition coefficient (Wildman–Crippen LogP) is 0.552. The first kappa shape index (κ1) is 15.4. The number of carbonyl (C=O) groups excluding carboxylic acids is 1. The van der Waals surface area contributed by atoms with E-state index >= 15 is 0 Å². The molecule has 25 heavy (non-hydrogen) atoms. The Morgan fingerprint density at radius 2 is 2.20 bits per heavy atom. The van der Waals surface area contributed by atoms with Crippen molar-refractivity contribution < 1.29 is 4.79 Å². The second-order valence-corrected chi connectivity index (χ2v) is 6.06. The second-order valence-electron chi connectivity index (χ2n) is 6.06. The van der Waals surface area contributed by atoms with Crippen LogP contribution in [-0.2, 0) is 7.05 Å². The summed E-state index contributed by atoms with van der Waals surface area (Å²) in [5, 5.41) is 8.24. The number of anilines is 1. The molecule has 1 N–H and O–H groups in total. The molecule has 1 saturated heterocycles. The van der Waals surface area contributed by atoms with Crippen LogP contribution < -0.4 is 10.2 Å². The fourth-order valence-electron chi connectivity index (χ4n) is 3.17. The fourth-order valence-corrected chi connectivity index (χ4v) is 3.17. The van der Waals surface area contributed by atoms with E-state index in [0.717, 1.165) is 36.2 Å². The van der Waals surface area contributed by atoms with Gasteiger partial charge in [0.15, 0.2) is 5.65 Å². The molecule has 1 aliphatic rings. The van der Waals surface area contributed by atoms with Gasteiger partial charge in [0.1, 0.15) is 24.2 Å². The molecule has 9 nitrogen and oxygen atoms in total.